The van der Waals surface area contributed by atoms with Gasteiger partial charge in [0.2, 0.25) is 5.91 Å². The Bertz CT molecular complexity index is 642. The fourth-order valence-electron chi connectivity index (χ4n) is 2.91. The highest BCUT2D eigenvalue weighted by atomic mass is 35.5. The van der Waals surface area contributed by atoms with Crippen LogP contribution in [0.15, 0.2) is 43.0 Å². The van der Waals surface area contributed by atoms with Gasteiger partial charge in [0.1, 0.15) is 11.9 Å². The molecule has 3 rings (SSSR count). The number of nitrogens with zero attached hydrogens (tertiary/aromatic N) is 2. The molecule has 1 fully saturated rings. The molecule has 1 aromatic heterocycles. The largest absolute Gasteiger partial charge is 0.368 e. The Morgan fingerprint density at radius 2 is 2.05 bits per heavy atom. The van der Waals surface area contributed by atoms with E-state index in [9.17, 15) is 4.79 Å². The zero-order valence-corrected chi connectivity index (χ0v) is 13.0. The maximum absolute atomic E-state index is 11.8. The Kier molecular flexibility index (Phi) is 5.11. The van der Waals surface area contributed by atoms with Gasteiger partial charge < -0.3 is 11.1 Å². The van der Waals surface area contributed by atoms with Crippen LogP contribution in [0, 0.1) is 0 Å². The first-order chi connectivity index (χ1) is 10.2. The lowest BCUT2D eigenvalue weighted by Gasteiger charge is -2.26. The zero-order valence-electron chi connectivity index (χ0n) is 12.2. The smallest absolute Gasteiger partial charge is 0.238 e. The molecular formula is C16H19ClN4O. The van der Waals surface area contributed by atoms with Crippen LogP contribution in [0.3, 0.4) is 0 Å². The summed E-state index contributed by atoms with van der Waals surface area (Å²) >= 11 is 0. The van der Waals surface area contributed by atoms with Gasteiger partial charge in [-0.05, 0) is 36.9 Å². The van der Waals surface area contributed by atoms with Crippen molar-refractivity contribution in [2.24, 2.45) is 5.73 Å². The number of carbonyl (C=O) groups is 1. The van der Waals surface area contributed by atoms with Crippen molar-refractivity contribution in [1.82, 2.24) is 15.3 Å². The Morgan fingerprint density at radius 3 is 2.68 bits per heavy atom. The summed E-state index contributed by atoms with van der Waals surface area (Å²) in [5.74, 6) is -0.270. The molecule has 1 aromatic carbocycles. The van der Waals surface area contributed by atoms with Crippen molar-refractivity contribution in [3.05, 3.63) is 48.5 Å². The molecule has 0 aliphatic carbocycles. The molecule has 1 aliphatic heterocycles. The summed E-state index contributed by atoms with van der Waals surface area (Å²) in [4.78, 5) is 19.9. The van der Waals surface area contributed by atoms with Crippen LogP contribution in [-0.2, 0) is 11.2 Å². The number of amides is 1. The molecule has 0 radical (unpaired) electrons. The van der Waals surface area contributed by atoms with E-state index in [1.807, 2.05) is 18.2 Å². The van der Waals surface area contributed by atoms with E-state index in [4.69, 9.17) is 5.73 Å². The second-order valence-electron chi connectivity index (χ2n) is 5.48. The van der Waals surface area contributed by atoms with Gasteiger partial charge in [-0.2, -0.15) is 0 Å². The Labute approximate surface area is 135 Å². The SMILES string of the molecule is Cl.NC(=O)C1(Cc2cccc(-c3cncnc3)c2)CCCN1. The third kappa shape index (κ3) is 3.26. The molecule has 1 unspecified atom stereocenters. The van der Waals surface area contributed by atoms with Gasteiger partial charge in [0, 0.05) is 18.0 Å². The van der Waals surface area contributed by atoms with Crippen molar-refractivity contribution < 1.29 is 4.79 Å². The summed E-state index contributed by atoms with van der Waals surface area (Å²) in [5, 5.41) is 3.28. The number of rotatable bonds is 4. The molecule has 116 valence electrons. The van der Waals surface area contributed by atoms with E-state index in [1.165, 1.54) is 6.33 Å². The maximum atomic E-state index is 11.8. The molecule has 6 heteroatoms. The molecule has 1 aliphatic rings. The zero-order chi connectivity index (χ0) is 14.7. The van der Waals surface area contributed by atoms with Crippen molar-refractivity contribution in [2.75, 3.05) is 6.54 Å². The molecule has 2 heterocycles. The number of nitrogens with one attached hydrogen (secondary N) is 1. The molecule has 0 bridgehead atoms. The van der Waals surface area contributed by atoms with Crippen LogP contribution in [0.25, 0.3) is 11.1 Å². The molecule has 2 aromatic rings. The van der Waals surface area contributed by atoms with Crippen molar-refractivity contribution in [1.29, 1.82) is 0 Å². The van der Waals surface area contributed by atoms with Crippen LogP contribution in [0.4, 0.5) is 0 Å². The Hall–Kier alpha value is -1.98. The van der Waals surface area contributed by atoms with Gasteiger partial charge in [-0.15, -0.1) is 12.4 Å². The predicted molar refractivity (Wildman–Crippen MR) is 87.6 cm³/mol. The van der Waals surface area contributed by atoms with Gasteiger partial charge in [-0.25, -0.2) is 9.97 Å². The van der Waals surface area contributed by atoms with Crippen LogP contribution >= 0.6 is 12.4 Å². The number of halogens is 1. The minimum absolute atomic E-state index is 0. The molecule has 1 atom stereocenters. The van der Waals surface area contributed by atoms with Gasteiger partial charge >= 0.3 is 0 Å². The molecule has 0 spiro atoms. The number of hydrogen-bond acceptors (Lipinski definition) is 4. The molecule has 1 amide bonds. The van der Waals surface area contributed by atoms with Crippen LogP contribution in [-0.4, -0.2) is 28.0 Å². The van der Waals surface area contributed by atoms with E-state index < -0.39 is 5.54 Å². The first kappa shape index (κ1) is 16.4. The highest BCUT2D eigenvalue weighted by Gasteiger charge is 2.39. The summed E-state index contributed by atoms with van der Waals surface area (Å²) in [6.07, 6.45) is 7.46. The normalized spacial score (nSPS) is 20.4. The van der Waals surface area contributed by atoms with E-state index in [0.29, 0.717) is 6.42 Å². The van der Waals surface area contributed by atoms with Gasteiger partial charge in [0.25, 0.3) is 0 Å². The standard InChI is InChI=1S/C16H18N4O.ClH/c17-15(21)16(5-2-6-20-16)8-12-3-1-4-13(7-12)14-9-18-11-19-10-14;/h1,3-4,7,9-11,20H,2,5-6,8H2,(H2,17,21);1H. The summed E-state index contributed by atoms with van der Waals surface area (Å²) in [5.41, 5.74) is 8.10. The lowest BCUT2D eigenvalue weighted by molar-refractivity contribution is -0.123. The van der Waals surface area contributed by atoms with Crippen molar-refractivity contribution in [3.63, 3.8) is 0 Å². The lowest BCUT2D eigenvalue weighted by atomic mass is 9.88. The van der Waals surface area contributed by atoms with Gasteiger partial charge in [-0.1, -0.05) is 24.3 Å². The Morgan fingerprint density at radius 1 is 1.27 bits per heavy atom. The van der Waals surface area contributed by atoms with Gasteiger partial charge in [-0.3, -0.25) is 4.79 Å². The van der Waals surface area contributed by atoms with Crippen molar-refractivity contribution in [3.8, 4) is 11.1 Å². The first-order valence-electron chi connectivity index (χ1n) is 7.09. The second kappa shape index (κ2) is 6.85. The van der Waals surface area contributed by atoms with E-state index in [2.05, 4.69) is 21.4 Å². The minimum atomic E-state index is -0.605. The van der Waals surface area contributed by atoms with Gasteiger partial charge in [0.15, 0.2) is 0 Å². The van der Waals surface area contributed by atoms with Crippen LogP contribution < -0.4 is 11.1 Å². The van der Waals surface area contributed by atoms with E-state index in [-0.39, 0.29) is 18.3 Å². The first-order valence-corrected chi connectivity index (χ1v) is 7.09. The topological polar surface area (TPSA) is 80.9 Å². The quantitative estimate of drug-likeness (QED) is 0.899. The van der Waals surface area contributed by atoms with E-state index in [0.717, 1.165) is 36.1 Å². The molecule has 0 saturated carbocycles. The average Bonchev–Trinajstić information content (AvgIpc) is 2.98. The maximum Gasteiger partial charge on any atom is 0.238 e. The van der Waals surface area contributed by atoms with Crippen LogP contribution in [0.1, 0.15) is 18.4 Å². The fraction of sp³-hybridized carbons (Fsp3) is 0.312. The lowest BCUT2D eigenvalue weighted by Crippen LogP contribution is -2.53. The second-order valence-corrected chi connectivity index (χ2v) is 5.48. The summed E-state index contributed by atoms with van der Waals surface area (Å²) < 4.78 is 0. The number of primary amides is 1. The summed E-state index contributed by atoms with van der Waals surface area (Å²) in [7, 11) is 0. The van der Waals surface area contributed by atoms with Crippen LogP contribution in [0.5, 0.6) is 0 Å². The number of nitrogens with two attached hydrogens (primary N) is 1. The van der Waals surface area contributed by atoms with Crippen molar-refractivity contribution >= 4 is 18.3 Å². The number of benzene rings is 1. The third-order valence-corrected chi connectivity index (χ3v) is 4.04. The van der Waals surface area contributed by atoms with Gasteiger partial charge in [0.05, 0.1) is 0 Å². The highest BCUT2D eigenvalue weighted by Crippen LogP contribution is 2.26. The number of hydrogen-bond donors (Lipinski definition) is 2. The molecule has 1 saturated heterocycles. The highest BCUT2D eigenvalue weighted by molar-refractivity contribution is 5.85. The predicted octanol–water partition coefficient (Wildman–Crippen LogP) is 1.72. The van der Waals surface area contributed by atoms with Crippen molar-refractivity contribution in [2.45, 2.75) is 24.8 Å². The van der Waals surface area contributed by atoms with E-state index in [1.54, 1.807) is 12.4 Å². The monoisotopic (exact) mass is 318 g/mol. The average molecular weight is 319 g/mol. The fourth-order valence-corrected chi connectivity index (χ4v) is 2.91. The third-order valence-electron chi connectivity index (χ3n) is 4.04. The summed E-state index contributed by atoms with van der Waals surface area (Å²) in [6, 6.07) is 8.10. The molecule has 3 N–H and O–H groups in total. The number of carbonyl (C=O) groups excluding carboxylic acids is 1. The van der Waals surface area contributed by atoms with E-state index >= 15 is 0 Å². The molecule has 5 nitrogen and oxygen atoms in total. The number of aromatic nitrogens is 2. The Balaban J connectivity index is 0.00000176. The minimum Gasteiger partial charge on any atom is -0.368 e. The molecule has 22 heavy (non-hydrogen) atoms. The summed E-state index contributed by atoms with van der Waals surface area (Å²) in [6.45, 7) is 0.842. The molecular weight excluding hydrogens is 300 g/mol. The van der Waals surface area contributed by atoms with Crippen LogP contribution in [0.2, 0.25) is 0 Å².